The van der Waals surface area contributed by atoms with Crippen molar-refractivity contribution in [2.45, 2.75) is 6.04 Å². The monoisotopic (exact) mass is 444 g/mol. The molecule has 0 spiro atoms. The number of ketones is 1. The van der Waals surface area contributed by atoms with E-state index in [-0.39, 0.29) is 17.1 Å². The Morgan fingerprint density at radius 2 is 1.68 bits per heavy atom. The van der Waals surface area contributed by atoms with Gasteiger partial charge < -0.3 is 20.0 Å². The van der Waals surface area contributed by atoms with Crippen molar-refractivity contribution in [3.05, 3.63) is 69.7 Å². The molecule has 1 unspecified atom stereocenters. The van der Waals surface area contributed by atoms with Crippen LogP contribution in [0.25, 0.3) is 5.76 Å². The van der Waals surface area contributed by atoms with Crippen molar-refractivity contribution in [3.63, 3.8) is 0 Å². The van der Waals surface area contributed by atoms with Crippen LogP contribution in [0.5, 0.6) is 5.75 Å². The second-order valence-corrected chi connectivity index (χ2v) is 7.81. The number of Topliss-reactive ketones (excluding diaryl/α,β-unsaturated/α-hetero) is 1. The predicted octanol–water partition coefficient (Wildman–Crippen LogP) is 3.14. The van der Waals surface area contributed by atoms with E-state index in [9.17, 15) is 19.8 Å². The SMILES string of the molecule is CN(C)CCN1C(=O)C(=O)/C(=C(\O)c2ccc(Br)cc2)C1c1ccc(O)cc1. The summed E-state index contributed by atoms with van der Waals surface area (Å²) in [6.07, 6.45) is 0. The number of likely N-dealkylation sites (tertiary alicyclic amines) is 1. The molecular formula is C21H21BrN2O4. The number of carbonyl (C=O) groups excluding carboxylic acids is 2. The molecule has 7 heteroatoms. The van der Waals surface area contributed by atoms with Gasteiger partial charge in [0.2, 0.25) is 0 Å². The van der Waals surface area contributed by atoms with Crippen molar-refractivity contribution in [1.29, 1.82) is 0 Å². The highest BCUT2D eigenvalue weighted by Crippen LogP contribution is 2.39. The highest BCUT2D eigenvalue weighted by atomic mass is 79.9. The summed E-state index contributed by atoms with van der Waals surface area (Å²) in [6, 6.07) is 12.5. The van der Waals surface area contributed by atoms with E-state index >= 15 is 0 Å². The van der Waals surface area contributed by atoms with Gasteiger partial charge in [0, 0.05) is 23.1 Å². The second-order valence-electron chi connectivity index (χ2n) is 6.89. The number of aromatic hydroxyl groups is 1. The summed E-state index contributed by atoms with van der Waals surface area (Å²) in [4.78, 5) is 28.9. The van der Waals surface area contributed by atoms with Gasteiger partial charge in [-0.1, -0.05) is 40.2 Å². The Bertz CT molecular complexity index is 920. The van der Waals surface area contributed by atoms with Crippen LogP contribution in [0.15, 0.2) is 58.6 Å². The molecule has 0 bridgehead atoms. The Kier molecular flexibility index (Phi) is 5.86. The van der Waals surface area contributed by atoms with E-state index in [1.165, 1.54) is 17.0 Å². The fourth-order valence-corrected chi connectivity index (χ4v) is 3.45. The topological polar surface area (TPSA) is 81.1 Å². The first-order valence-corrected chi connectivity index (χ1v) is 9.57. The first-order valence-electron chi connectivity index (χ1n) is 8.77. The number of aliphatic hydroxyl groups excluding tert-OH is 1. The van der Waals surface area contributed by atoms with Gasteiger partial charge in [0.05, 0.1) is 11.6 Å². The maximum absolute atomic E-state index is 12.8. The molecule has 3 rings (SSSR count). The number of halogens is 1. The van der Waals surface area contributed by atoms with Gasteiger partial charge in [0.1, 0.15) is 11.5 Å². The molecule has 2 N–H and O–H groups in total. The summed E-state index contributed by atoms with van der Waals surface area (Å²) in [7, 11) is 3.77. The zero-order chi connectivity index (χ0) is 20.4. The van der Waals surface area contributed by atoms with Crippen molar-refractivity contribution in [1.82, 2.24) is 9.80 Å². The molecule has 0 saturated carbocycles. The number of phenols is 1. The van der Waals surface area contributed by atoms with Gasteiger partial charge in [-0.05, 0) is 43.9 Å². The lowest BCUT2D eigenvalue weighted by Crippen LogP contribution is -2.35. The molecule has 1 fully saturated rings. The molecule has 6 nitrogen and oxygen atoms in total. The fraction of sp³-hybridized carbons (Fsp3) is 0.238. The highest BCUT2D eigenvalue weighted by molar-refractivity contribution is 9.10. The van der Waals surface area contributed by atoms with E-state index in [2.05, 4.69) is 15.9 Å². The second kappa shape index (κ2) is 8.16. The number of hydrogen-bond acceptors (Lipinski definition) is 5. The highest BCUT2D eigenvalue weighted by Gasteiger charge is 2.45. The molecule has 0 aromatic heterocycles. The molecule has 1 saturated heterocycles. The standard InChI is InChI=1S/C21H21BrN2O4/c1-23(2)11-12-24-18(13-5-9-16(25)10-6-13)17(20(27)21(24)28)19(26)14-3-7-15(22)8-4-14/h3-10,18,25-26H,11-12H2,1-2H3/b19-17-. The lowest BCUT2D eigenvalue weighted by Gasteiger charge is -2.26. The first-order chi connectivity index (χ1) is 13.3. The normalized spacial score (nSPS) is 18.9. The lowest BCUT2D eigenvalue weighted by atomic mass is 9.95. The fourth-order valence-electron chi connectivity index (χ4n) is 3.18. The van der Waals surface area contributed by atoms with Crippen LogP contribution in [-0.4, -0.2) is 58.9 Å². The van der Waals surface area contributed by atoms with E-state index in [1.54, 1.807) is 36.4 Å². The predicted molar refractivity (Wildman–Crippen MR) is 110 cm³/mol. The largest absolute Gasteiger partial charge is 0.508 e. The van der Waals surface area contributed by atoms with Crippen molar-refractivity contribution >= 4 is 33.4 Å². The zero-order valence-corrected chi connectivity index (χ0v) is 17.2. The van der Waals surface area contributed by atoms with Crippen LogP contribution >= 0.6 is 15.9 Å². The number of benzene rings is 2. The van der Waals surface area contributed by atoms with Crippen LogP contribution in [0.3, 0.4) is 0 Å². The Morgan fingerprint density at radius 1 is 1.07 bits per heavy atom. The quantitative estimate of drug-likeness (QED) is 0.420. The van der Waals surface area contributed by atoms with Crippen molar-refractivity contribution in [2.75, 3.05) is 27.2 Å². The summed E-state index contributed by atoms with van der Waals surface area (Å²) < 4.78 is 0.838. The van der Waals surface area contributed by atoms with Crippen LogP contribution in [0, 0.1) is 0 Å². The summed E-state index contributed by atoms with van der Waals surface area (Å²) in [5, 5.41) is 20.5. The van der Waals surface area contributed by atoms with E-state index in [0.717, 1.165) is 4.47 Å². The minimum Gasteiger partial charge on any atom is -0.508 e. The Balaban J connectivity index is 2.13. The maximum atomic E-state index is 12.8. The number of hydrogen-bond donors (Lipinski definition) is 2. The molecule has 146 valence electrons. The molecule has 1 amide bonds. The van der Waals surface area contributed by atoms with Crippen LogP contribution in [0.2, 0.25) is 0 Å². The van der Waals surface area contributed by atoms with Crippen LogP contribution < -0.4 is 0 Å². The zero-order valence-electron chi connectivity index (χ0n) is 15.6. The van der Waals surface area contributed by atoms with Gasteiger partial charge >= 0.3 is 0 Å². The molecule has 1 heterocycles. The Labute approximate surface area is 171 Å². The van der Waals surface area contributed by atoms with Gasteiger partial charge in [-0.15, -0.1) is 0 Å². The number of amides is 1. The Morgan fingerprint density at radius 3 is 2.25 bits per heavy atom. The molecule has 28 heavy (non-hydrogen) atoms. The number of likely N-dealkylation sites (N-methyl/N-ethyl adjacent to an activating group) is 1. The number of carbonyl (C=O) groups is 2. The molecule has 0 aliphatic carbocycles. The van der Waals surface area contributed by atoms with Gasteiger partial charge in [-0.3, -0.25) is 9.59 Å². The summed E-state index contributed by atoms with van der Waals surface area (Å²) in [5.41, 5.74) is 1.16. The van der Waals surface area contributed by atoms with Crippen LogP contribution in [-0.2, 0) is 9.59 Å². The maximum Gasteiger partial charge on any atom is 0.295 e. The molecule has 1 aliphatic rings. The van der Waals surface area contributed by atoms with Crippen molar-refractivity contribution in [3.8, 4) is 5.75 Å². The third-order valence-electron chi connectivity index (χ3n) is 4.65. The van der Waals surface area contributed by atoms with Gasteiger partial charge in [-0.2, -0.15) is 0 Å². The van der Waals surface area contributed by atoms with Gasteiger partial charge in [-0.25, -0.2) is 0 Å². The smallest absolute Gasteiger partial charge is 0.295 e. The Hall–Kier alpha value is -2.64. The molecule has 2 aromatic carbocycles. The van der Waals surface area contributed by atoms with E-state index in [4.69, 9.17) is 0 Å². The minimum atomic E-state index is -0.718. The average Bonchev–Trinajstić information content (AvgIpc) is 2.91. The van der Waals surface area contributed by atoms with Crippen molar-refractivity contribution < 1.29 is 19.8 Å². The molecule has 0 radical (unpaired) electrons. The number of rotatable bonds is 5. The first kappa shape index (κ1) is 20.1. The number of phenolic OH excluding ortho intramolecular Hbond substituents is 1. The average molecular weight is 445 g/mol. The molecular weight excluding hydrogens is 424 g/mol. The lowest BCUT2D eigenvalue weighted by molar-refractivity contribution is -0.140. The van der Waals surface area contributed by atoms with E-state index in [1.807, 2.05) is 19.0 Å². The number of aliphatic hydroxyl groups is 1. The molecule has 1 atom stereocenters. The van der Waals surface area contributed by atoms with Crippen LogP contribution in [0.4, 0.5) is 0 Å². The third-order valence-corrected chi connectivity index (χ3v) is 5.18. The summed E-state index contributed by atoms with van der Waals surface area (Å²) in [5.74, 6) is -1.48. The molecule has 1 aliphatic heterocycles. The van der Waals surface area contributed by atoms with Crippen LogP contribution in [0.1, 0.15) is 17.2 Å². The van der Waals surface area contributed by atoms with E-state index < -0.39 is 17.7 Å². The summed E-state index contributed by atoms with van der Waals surface area (Å²) in [6.45, 7) is 0.903. The number of nitrogens with zero attached hydrogens (tertiary/aromatic N) is 2. The third kappa shape index (κ3) is 3.95. The van der Waals surface area contributed by atoms with Gasteiger partial charge in [0.15, 0.2) is 0 Å². The van der Waals surface area contributed by atoms with Crippen molar-refractivity contribution in [2.24, 2.45) is 0 Å². The van der Waals surface area contributed by atoms with E-state index in [0.29, 0.717) is 24.2 Å². The molecule has 2 aromatic rings. The summed E-state index contributed by atoms with van der Waals surface area (Å²) >= 11 is 3.34. The minimum absolute atomic E-state index is 0.0526. The van der Waals surface area contributed by atoms with Gasteiger partial charge in [0.25, 0.3) is 11.7 Å².